The highest BCUT2D eigenvalue weighted by atomic mass is 32.1. The summed E-state index contributed by atoms with van der Waals surface area (Å²) in [6.07, 6.45) is 1.67. The first-order chi connectivity index (χ1) is 12.7. The third-order valence-corrected chi connectivity index (χ3v) is 5.22. The van der Waals surface area contributed by atoms with Crippen LogP contribution in [0.15, 0.2) is 46.4 Å². The molecule has 3 aromatic rings. The van der Waals surface area contributed by atoms with Crippen LogP contribution in [0, 0.1) is 0 Å². The molecule has 0 aromatic carbocycles. The van der Waals surface area contributed by atoms with Crippen molar-refractivity contribution < 1.29 is 9.32 Å². The summed E-state index contributed by atoms with van der Waals surface area (Å²) in [6, 6.07) is 9.29. The average molecular weight is 369 g/mol. The van der Waals surface area contributed by atoms with Gasteiger partial charge >= 0.3 is 0 Å². The van der Waals surface area contributed by atoms with Crippen LogP contribution < -0.4 is 10.2 Å². The number of hydrogen-bond acceptors (Lipinski definition) is 7. The van der Waals surface area contributed by atoms with Gasteiger partial charge < -0.3 is 19.6 Å². The number of amides is 1. The second-order valence-corrected chi connectivity index (χ2v) is 7.15. The largest absolute Gasteiger partial charge is 0.355 e. The van der Waals surface area contributed by atoms with Gasteiger partial charge in [0.25, 0.3) is 5.91 Å². The van der Waals surface area contributed by atoms with E-state index in [0.717, 1.165) is 36.9 Å². The van der Waals surface area contributed by atoms with Crippen molar-refractivity contribution in [3.05, 3.63) is 47.6 Å². The van der Waals surface area contributed by atoms with E-state index in [-0.39, 0.29) is 11.6 Å². The SMILES string of the molecule is CN1CCN(c2ccc(NC(=O)c3cc(-c4cccs4)on3)cn2)CC1. The molecule has 4 rings (SSSR count). The highest BCUT2D eigenvalue weighted by Crippen LogP contribution is 2.25. The van der Waals surface area contributed by atoms with Gasteiger partial charge in [0.05, 0.1) is 16.8 Å². The molecule has 0 aliphatic carbocycles. The third-order valence-electron chi connectivity index (χ3n) is 4.34. The molecule has 4 heterocycles. The van der Waals surface area contributed by atoms with Gasteiger partial charge in [0.1, 0.15) is 5.82 Å². The monoisotopic (exact) mass is 369 g/mol. The number of rotatable bonds is 4. The molecule has 1 N–H and O–H groups in total. The molecule has 1 fully saturated rings. The van der Waals surface area contributed by atoms with Crippen molar-refractivity contribution in [2.24, 2.45) is 0 Å². The van der Waals surface area contributed by atoms with Gasteiger partial charge in [-0.3, -0.25) is 4.79 Å². The molecular formula is C18H19N5O2S. The zero-order valence-corrected chi connectivity index (χ0v) is 15.2. The number of nitrogens with one attached hydrogen (secondary N) is 1. The van der Waals surface area contributed by atoms with Crippen LogP contribution in [-0.4, -0.2) is 54.2 Å². The maximum atomic E-state index is 12.3. The van der Waals surface area contributed by atoms with Crippen LogP contribution in [0.3, 0.4) is 0 Å². The van der Waals surface area contributed by atoms with Crippen LogP contribution in [-0.2, 0) is 0 Å². The molecule has 1 saturated heterocycles. The second-order valence-electron chi connectivity index (χ2n) is 6.20. The lowest BCUT2D eigenvalue weighted by atomic mass is 10.3. The summed E-state index contributed by atoms with van der Waals surface area (Å²) in [5.74, 6) is 1.21. The Morgan fingerprint density at radius 2 is 2.08 bits per heavy atom. The zero-order valence-electron chi connectivity index (χ0n) is 14.4. The minimum Gasteiger partial charge on any atom is -0.355 e. The molecule has 8 heteroatoms. The standard InChI is InChI=1S/C18H19N5O2S/c1-22-6-8-23(9-7-22)17-5-4-13(12-19-17)20-18(24)14-11-15(25-21-14)16-3-2-10-26-16/h2-5,10-12H,6-9H2,1H3,(H,20,24). The molecule has 0 bridgehead atoms. The van der Waals surface area contributed by atoms with Gasteiger partial charge in [-0.2, -0.15) is 0 Å². The summed E-state index contributed by atoms with van der Waals surface area (Å²) >= 11 is 1.54. The molecule has 0 saturated carbocycles. The number of hydrogen-bond donors (Lipinski definition) is 1. The minimum absolute atomic E-state index is 0.247. The Kier molecular flexibility index (Phi) is 4.68. The van der Waals surface area contributed by atoms with Crippen molar-refractivity contribution >= 4 is 28.7 Å². The Labute approximate surface area is 155 Å². The van der Waals surface area contributed by atoms with Crippen LogP contribution in [0.25, 0.3) is 10.6 Å². The van der Waals surface area contributed by atoms with Gasteiger partial charge in [0, 0.05) is 32.2 Å². The molecular weight excluding hydrogens is 350 g/mol. The van der Waals surface area contributed by atoms with Gasteiger partial charge in [-0.25, -0.2) is 4.98 Å². The van der Waals surface area contributed by atoms with Crippen LogP contribution in [0.5, 0.6) is 0 Å². The molecule has 134 valence electrons. The van der Waals surface area contributed by atoms with Crippen LogP contribution in [0.1, 0.15) is 10.5 Å². The summed E-state index contributed by atoms with van der Waals surface area (Å²) in [5, 5.41) is 8.61. The number of nitrogens with zero attached hydrogens (tertiary/aromatic N) is 4. The predicted molar refractivity (Wildman–Crippen MR) is 102 cm³/mol. The number of aromatic nitrogens is 2. The molecule has 3 aromatic heterocycles. The van der Waals surface area contributed by atoms with E-state index in [2.05, 4.69) is 32.3 Å². The Bertz CT molecular complexity index is 867. The molecule has 1 amide bonds. The van der Waals surface area contributed by atoms with Crippen LogP contribution >= 0.6 is 11.3 Å². The number of likely N-dealkylation sites (N-methyl/N-ethyl adjacent to an activating group) is 1. The zero-order chi connectivity index (χ0) is 17.9. The number of anilines is 2. The van der Waals surface area contributed by atoms with E-state index in [9.17, 15) is 4.79 Å². The Morgan fingerprint density at radius 1 is 1.23 bits per heavy atom. The first-order valence-electron chi connectivity index (χ1n) is 8.40. The van der Waals surface area contributed by atoms with E-state index in [1.165, 1.54) is 11.3 Å². The fourth-order valence-corrected chi connectivity index (χ4v) is 3.47. The van der Waals surface area contributed by atoms with Crippen LogP contribution in [0.4, 0.5) is 11.5 Å². The van der Waals surface area contributed by atoms with Gasteiger partial charge in [0.15, 0.2) is 11.5 Å². The first kappa shape index (κ1) is 16.7. The van der Waals surface area contributed by atoms with Crippen LogP contribution in [0.2, 0.25) is 0 Å². The van der Waals surface area contributed by atoms with Crippen molar-refractivity contribution in [2.75, 3.05) is 43.4 Å². The van der Waals surface area contributed by atoms with Crippen molar-refractivity contribution in [3.63, 3.8) is 0 Å². The predicted octanol–water partition coefficient (Wildman–Crippen LogP) is 2.80. The third kappa shape index (κ3) is 3.61. The van der Waals surface area contributed by atoms with Gasteiger partial charge in [0.2, 0.25) is 0 Å². The van der Waals surface area contributed by atoms with E-state index in [1.54, 1.807) is 12.3 Å². The quantitative estimate of drug-likeness (QED) is 0.762. The summed E-state index contributed by atoms with van der Waals surface area (Å²) < 4.78 is 5.25. The van der Waals surface area contributed by atoms with E-state index in [0.29, 0.717) is 11.4 Å². The number of pyridine rings is 1. The number of piperazine rings is 1. The van der Waals surface area contributed by atoms with Crippen molar-refractivity contribution in [3.8, 4) is 10.6 Å². The Balaban J connectivity index is 1.40. The number of carbonyl (C=O) groups is 1. The summed E-state index contributed by atoms with van der Waals surface area (Å²) in [4.78, 5) is 22.3. The van der Waals surface area contributed by atoms with Crippen molar-refractivity contribution in [1.29, 1.82) is 0 Å². The lowest BCUT2D eigenvalue weighted by Gasteiger charge is -2.33. The first-order valence-corrected chi connectivity index (χ1v) is 9.28. The molecule has 26 heavy (non-hydrogen) atoms. The van der Waals surface area contributed by atoms with E-state index in [4.69, 9.17) is 4.52 Å². The van der Waals surface area contributed by atoms with Gasteiger partial charge in [-0.15, -0.1) is 11.3 Å². The highest BCUT2D eigenvalue weighted by Gasteiger charge is 2.17. The minimum atomic E-state index is -0.314. The summed E-state index contributed by atoms with van der Waals surface area (Å²) in [6.45, 7) is 3.97. The van der Waals surface area contributed by atoms with E-state index < -0.39 is 0 Å². The maximum absolute atomic E-state index is 12.3. The lowest BCUT2D eigenvalue weighted by molar-refractivity contribution is 0.101. The number of thiophene rings is 1. The smallest absolute Gasteiger partial charge is 0.277 e. The molecule has 0 spiro atoms. The molecule has 1 aliphatic heterocycles. The molecule has 0 radical (unpaired) electrons. The maximum Gasteiger partial charge on any atom is 0.277 e. The molecule has 0 unspecified atom stereocenters. The van der Waals surface area contributed by atoms with E-state index >= 15 is 0 Å². The van der Waals surface area contributed by atoms with Gasteiger partial charge in [-0.05, 0) is 30.6 Å². The Hall–Kier alpha value is -2.71. The highest BCUT2D eigenvalue weighted by molar-refractivity contribution is 7.13. The lowest BCUT2D eigenvalue weighted by Crippen LogP contribution is -2.44. The number of carbonyl (C=O) groups excluding carboxylic acids is 1. The summed E-state index contributed by atoms with van der Waals surface area (Å²) in [7, 11) is 2.12. The fourth-order valence-electron chi connectivity index (χ4n) is 2.79. The topological polar surface area (TPSA) is 74.5 Å². The van der Waals surface area contributed by atoms with Gasteiger partial charge in [-0.1, -0.05) is 11.2 Å². The summed E-state index contributed by atoms with van der Waals surface area (Å²) in [5.41, 5.74) is 0.880. The normalized spacial score (nSPS) is 15.2. The average Bonchev–Trinajstić information content (AvgIpc) is 3.35. The molecule has 7 nitrogen and oxygen atoms in total. The molecule has 1 aliphatic rings. The van der Waals surface area contributed by atoms with Crippen molar-refractivity contribution in [1.82, 2.24) is 15.0 Å². The fraction of sp³-hybridized carbons (Fsp3) is 0.278. The van der Waals surface area contributed by atoms with Crippen molar-refractivity contribution in [2.45, 2.75) is 0 Å². The molecule has 0 atom stereocenters. The Morgan fingerprint density at radius 3 is 2.77 bits per heavy atom. The second kappa shape index (κ2) is 7.27. The van der Waals surface area contributed by atoms with E-state index in [1.807, 2.05) is 29.6 Å².